The van der Waals surface area contributed by atoms with Crippen molar-refractivity contribution in [2.75, 3.05) is 0 Å². The molecule has 108 valence electrons. The fourth-order valence-electron chi connectivity index (χ4n) is 1.93. The summed E-state index contributed by atoms with van der Waals surface area (Å²) in [4.78, 5) is 0. The van der Waals surface area contributed by atoms with Crippen LogP contribution in [-0.2, 0) is 0 Å². The van der Waals surface area contributed by atoms with Crippen molar-refractivity contribution in [3.05, 3.63) is 64.4 Å². The van der Waals surface area contributed by atoms with Gasteiger partial charge >= 0.3 is 0 Å². The number of rotatable bonds is 4. The van der Waals surface area contributed by atoms with E-state index in [0.717, 1.165) is 11.6 Å². The van der Waals surface area contributed by atoms with E-state index >= 15 is 0 Å². The molecule has 0 saturated carbocycles. The minimum atomic E-state index is -0.589. The van der Waals surface area contributed by atoms with Crippen LogP contribution in [0.2, 0.25) is 5.02 Å². The third-order valence-electron chi connectivity index (χ3n) is 2.99. The highest BCUT2D eigenvalue weighted by atomic mass is 35.5. The number of nitriles is 1. The summed E-state index contributed by atoms with van der Waals surface area (Å²) in [6, 6.07) is 12.6. The van der Waals surface area contributed by atoms with Gasteiger partial charge in [-0.3, -0.25) is 0 Å². The van der Waals surface area contributed by atoms with Crippen molar-refractivity contribution in [1.29, 1.82) is 5.26 Å². The molecule has 0 heterocycles. The molecule has 2 aromatic rings. The monoisotopic (exact) mass is 304 g/mol. The zero-order valence-electron chi connectivity index (χ0n) is 11.4. The first kappa shape index (κ1) is 15.3. The second-order valence-corrected chi connectivity index (χ2v) is 5.14. The van der Waals surface area contributed by atoms with Crippen LogP contribution in [0.5, 0.6) is 5.75 Å². The van der Waals surface area contributed by atoms with Crippen LogP contribution < -0.4 is 10.5 Å². The number of hydrogen-bond donors (Lipinski definition) is 1. The van der Waals surface area contributed by atoms with Gasteiger partial charge in [-0.1, -0.05) is 23.7 Å². The first-order chi connectivity index (χ1) is 10.0. The van der Waals surface area contributed by atoms with E-state index in [1.807, 2.05) is 6.07 Å². The van der Waals surface area contributed by atoms with Gasteiger partial charge in [-0.15, -0.1) is 0 Å². The first-order valence-electron chi connectivity index (χ1n) is 6.38. The molecule has 0 aromatic heterocycles. The van der Waals surface area contributed by atoms with Gasteiger partial charge < -0.3 is 10.5 Å². The molecule has 2 atom stereocenters. The van der Waals surface area contributed by atoms with Crippen LogP contribution in [0.1, 0.15) is 24.2 Å². The van der Waals surface area contributed by atoms with Crippen LogP contribution >= 0.6 is 11.6 Å². The Morgan fingerprint density at radius 1 is 1.24 bits per heavy atom. The van der Waals surface area contributed by atoms with Crippen molar-refractivity contribution in [2.24, 2.45) is 5.73 Å². The molecule has 0 amide bonds. The molecule has 2 rings (SSSR count). The van der Waals surface area contributed by atoms with Gasteiger partial charge in [0, 0.05) is 11.1 Å². The molecule has 2 aromatic carbocycles. The largest absolute Gasteiger partial charge is 0.481 e. The number of nitrogens with two attached hydrogens (primary N) is 1. The lowest BCUT2D eigenvalue weighted by Gasteiger charge is -2.23. The predicted molar refractivity (Wildman–Crippen MR) is 79.6 cm³/mol. The lowest BCUT2D eigenvalue weighted by Crippen LogP contribution is -2.29. The molecular weight excluding hydrogens is 291 g/mol. The van der Waals surface area contributed by atoms with E-state index in [-0.39, 0.29) is 17.4 Å². The fraction of sp³-hybridized carbons (Fsp3) is 0.188. The number of hydrogen-bond acceptors (Lipinski definition) is 3. The summed E-state index contributed by atoms with van der Waals surface area (Å²) < 4.78 is 19.6. The number of ether oxygens (including phenoxy) is 1. The summed E-state index contributed by atoms with van der Waals surface area (Å²) in [6.07, 6.45) is -0.510. The zero-order chi connectivity index (χ0) is 15.4. The minimum Gasteiger partial charge on any atom is -0.481 e. The van der Waals surface area contributed by atoms with E-state index in [2.05, 4.69) is 0 Å². The van der Waals surface area contributed by atoms with Crippen LogP contribution in [0.4, 0.5) is 4.39 Å². The maximum atomic E-state index is 13.9. The van der Waals surface area contributed by atoms with Crippen LogP contribution in [0.3, 0.4) is 0 Å². The summed E-state index contributed by atoms with van der Waals surface area (Å²) in [6.45, 7) is 1.78. The van der Waals surface area contributed by atoms with E-state index in [1.165, 1.54) is 12.1 Å². The lowest BCUT2D eigenvalue weighted by atomic mass is 10.0. The van der Waals surface area contributed by atoms with Crippen LogP contribution in [0.15, 0.2) is 42.5 Å². The summed E-state index contributed by atoms with van der Waals surface area (Å²) in [5.74, 6) is -0.528. The van der Waals surface area contributed by atoms with Crippen molar-refractivity contribution in [2.45, 2.75) is 19.1 Å². The standard InChI is InChI=1S/C16H14ClFN2O/c1-10(20)16(12-3-5-13(17)6-4-12)21-15-7-2-11(9-19)8-14(15)18/h2-8,10,16H,20H2,1H3. The van der Waals surface area contributed by atoms with E-state index < -0.39 is 11.9 Å². The zero-order valence-corrected chi connectivity index (χ0v) is 12.1. The van der Waals surface area contributed by atoms with Gasteiger partial charge in [-0.25, -0.2) is 4.39 Å². The van der Waals surface area contributed by atoms with E-state index in [1.54, 1.807) is 31.2 Å². The van der Waals surface area contributed by atoms with E-state index in [4.69, 9.17) is 27.3 Å². The Kier molecular flexibility index (Phi) is 4.79. The number of benzene rings is 2. The highest BCUT2D eigenvalue weighted by Gasteiger charge is 2.20. The molecule has 0 aliphatic carbocycles. The summed E-state index contributed by atoms with van der Waals surface area (Å²) in [7, 11) is 0. The quantitative estimate of drug-likeness (QED) is 0.934. The average molecular weight is 305 g/mol. The van der Waals surface area contributed by atoms with Gasteiger partial charge in [0.2, 0.25) is 0 Å². The van der Waals surface area contributed by atoms with Gasteiger partial charge in [0.1, 0.15) is 6.10 Å². The van der Waals surface area contributed by atoms with Crippen LogP contribution in [-0.4, -0.2) is 6.04 Å². The van der Waals surface area contributed by atoms with Crippen molar-refractivity contribution in [3.63, 3.8) is 0 Å². The maximum absolute atomic E-state index is 13.9. The Morgan fingerprint density at radius 2 is 1.90 bits per heavy atom. The van der Waals surface area contributed by atoms with E-state index in [0.29, 0.717) is 5.02 Å². The Morgan fingerprint density at radius 3 is 2.43 bits per heavy atom. The Hall–Kier alpha value is -2.09. The van der Waals surface area contributed by atoms with Gasteiger partial charge in [-0.05, 0) is 42.8 Å². The molecule has 0 saturated heterocycles. The lowest BCUT2D eigenvalue weighted by molar-refractivity contribution is 0.172. The second kappa shape index (κ2) is 6.57. The molecule has 3 nitrogen and oxygen atoms in total. The Bertz CT molecular complexity index is 665. The minimum absolute atomic E-state index is 0.0613. The highest BCUT2D eigenvalue weighted by Crippen LogP contribution is 2.27. The third-order valence-corrected chi connectivity index (χ3v) is 3.24. The highest BCUT2D eigenvalue weighted by molar-refractivity contribution is 6.30. The molecule has 0 fully saturated rings. The molecule has 0 radical (unpaired) electrons. The van der Waals surface area contributed by atoms with Crippen molar-refractivity contribution < 1.29 is 9.13 Å². The molecule has 0 aliphatic heterocycles. The summed E-state index contributed by atoms with van der Waals surface area (Å²) >= 11 is 5.85. The first-order valence-corrected chi connectivity index (χ1v) is 6.76. The van der Waals surface area contributed by atoms with Gasteiger partial charge in [0.25, 0.3) is 0 Å². The normalized spacial score (nSPS) is 13.3. The SMILES string of the molecule is CC(N)C(Oc1ccc(C#N)cc1F)c1ccc(Cl)cc1. The Labute approximate surface area is 127 Å². The molecule has 5 heteroatoms. The molecule has 2 unspecified atom stereocenters. The van der Waals surface area contributed by atoms with Gasteiger partial charge in [0.05, 0.1) is 11.6 Å². The number of nitrogens with zero attached hydrogens (tertiary/aromatic N) is 1. The maximum Gasteiger partial charge on any atom is 0.166 e. The molecule has 0 aliphatic rings. The number of halogens is 2. The molecular formula is C16H14ClFN2O. The predicted octanol–water partition coefficient (Wildman–Crippen LogP) is 3.82. The molecule has 21 heavy (non-hydrogen) atoms. The van der Waals surface area contributed by atoms with E-state index in [9.17, 15) is 4.39 Å². The van der Waals surface area contributed by atoms with Gasteiger partial charge in [0.15, 0.2) is 11.6 Å². The Balaban J connectivity index is 2.29. The fourth-order valence-corrected chi connectivity index (χ4v) is 2.06. The molecule has 0 bridgehead atoms. The molecule has 0 spiro atoms. The third kappa shape index (κ3) is 3.72. The summed E-state index contributed by atoms with van der Waals surface area (Å²) in [5, 5.41) is 9.34. The average Bonchev–Trinajstić information content (AvgIpc) is 2.46. The summed E-state index contributed by atoms with van der Waals surface area (Å²) in [5.41, 5.74) is 6.97. The van der Waals surface area contributed by atoms with Crippen molar-refractivity contribution in [3.8, 4) is 11.8 Å². The van der Waals surface area contributed by atoms with Gasteiger partial charge in [-0.2, -0.15) is 5.26 Å². The van der Waals surface area contributed by atoms with Crippen LogP contribution in [0, 0.1) is 17.1 Å². The topological polar surface area (TPSA) is 59.0 Å². The van der Waals surface area contributed by atoms with Crippen molar-refractivity contribution in [1.82, 2.24) is 0 Å². The smallest absolute Gasteiger partial charge is 0.166 e. The second-order valence-electron chi connectivity index (χ2n) is 4.71. The van der Waals surface area contributed by atoms with Crippen molar-refractivity contribution >= 4 is 11.6 Å². The molecule has 2 N–H and O–H groups in total. The van der Waals surface area contributed by atoms with Crippen LogP contribution in [0.25, 0.3) is 0 Å².